The number of hydrogen-bond donors (Lipinski definition) is 1. The first-order valence-corrected chi connectivity index (χ1v) is 13.6. The highest BCUT2D eigenvalue weighted by molar-refractivity contribution is 7.13. The zero-order valence-corrected chi connectivity index (χ0v) is 22.4. The number of ether oxygens (including phenoxy) is 2. The van der Waals surface area contributed by atoms with Crippen LogP contribution in [0.1, 0.15) is 18.5 Å². The predicted molar refractivity (Wildman–Crippen MR) is 150 cm³/mol. The fraction of sp³-hybridized carbons (Fsp3) is 0.310. The summed E-state index contributed by atoms with van der Waals surface area (Å²) < 4.78 is 10.4. The normalized spacial score (nSPS) is 15.2. The van der Waals surface area contributed by atoms with Crippen molar-refractivity contribution < 1.29 is 14.3 Å². The van der Waals surface area contributed by atoms with Crippen molar-refractivity contribution in [1.29, 1.82) is 0 Å². The quantitative estimate of drug-likeness (QED) is 0.331. The molecule has 1 unspecified atom stereocenters. The summed E-state index contributed by atoms with van der Waals surface area (Å²) in [5.41, 5.74) is 3.84. The summed E-state index contributed by atoms with van der Waals surface area (Å²) in [4.78, 5) is 19.8. The summed E-state index contributed by atoms with van der Waals surface area (Å²) in [6.07, 6.45) is 2.52. The molecule has 1 N–H and O–H groups in total. The van der Waals surface area contributed by atoms with Gasteiger partial charge in [0.25, 0.3) is 0 Å². The van der Waals surface area contributed by atoms with E-state index in [0.717, 1.165) is 64.2 Å². The van der Waals surface area contributed by atoms with Gasteiger partial charge < -0.3 is 19.7 Å². The highest BCUT2D eigenvalue weighted by atomic mass is 32.1. The second kappa shape index (κ2) is 12.0. The molecule has 4 aromatic rings. The van der Waals surface area contributed by atoms with E-state index in [1.807, 2.05) is 60.7 Å². The van der Waals surface area contributed by atoms with Gasteiger partial charge in [-0.25, -0.2) is 4.98 Å². The van der Waals surface area contributed by atoms with E-state index >= 15 is 0 Å². The number of rotatable bonds is 9. The van der Waals surface area contributed by atoms with Gasteiger partial charge in [-0.05, 0) is 73.5 Å². The summed E-state index contributed by atoms with van der Waals surface area (Å²) in [7, 11) is 3.31. The molecule has 0 bridgehead atoms. The topological polar surface area (TPSA) is 89.5 Å². The van der Waals surface area contributed by atoms with Crippen LogP contribution in [0.4, 0.5) is 5.82 Å². The van der Waals surface area contributed by atoms with Gasteiger partial charge in [0.1, 0.15) is 16.5 Å². The molecule has 0 aliphatic carbocycles. The molecule has 1 saturated heterocycles. The highest BCUT2D eigenvalue weighted by Gasteiger charge is 2.26. The number of amides is 1. The van der Waals surface area contributed by atoms with Gasteiger partial charge >= 0.3 is 0 Å². The highest BCUT2D eigenvalue weighted by Crippen LogP contribution is 2.27. The Morgan fingerprint density at radius 3 is 2.34 bits per heavy atom. The lowest BCUT2D eigenvalue weighted by atomic mass is 9.97. The number of piperidine rings is 1. The maximum absolute atomic E-state index is 12.9. The van der Waals surface area contributed by atoms with Gasteiger partial charge in [-0.1, -0.05) is 0 Å². The van der Waals surface area contributed by atoms with Crippen LogP contribution in [0.5, 0.6) is 11.5 Å². The lowest BCUT2D eigenvalue weighted by Crippen LogP contribution is -2.43. The van der Waals surface area contributed by atoms with Crippen molar-refractivity contribution in [3.05, 3.63) is 71.7 Å². The molecule has 0 radical (unpaired) electrons. The second-order valence-corrected chi connectivity index (χ2v) is 10.1. The monoisotopic (exact) mass is 529 g/mol. The Kier molecular flexibility index (Phi) is 8.13. The molecule has 1 aliphatic rings. The van der Waals surface area contributed by atoms with Crippen LogP contribution in [0, 0.1) is 5.92 Å². The zero-order chi connectivity index (χ0) is 26.3. The lowest BCUT2D eigenvalue weighted by Gasteiger charge is -2.32. The van der Waals surface area contributed by atoms with Crippen molar-refractivity contribution in [2.24, 2.45) is 5.92 Å². The van der Waals surface area contributed by atoms with Crippen molar-refractivity contribution in [1.82, 2.24) is 20.5 Å². The van der Waals surface area contributed by atoms with E-state index in [2.05, 4.69) is 25.8 Å². The minimum atomic E-state index is -0.0721. The molecule has 1 aliphatic heterocycles. The maximum atomic E-state index is 12.9. The summed E-state index contributed by atoms with van der Waals surface area (Å²) >= 11 is 1.61. The average molecular weight is 530 g/mol. The number of carbonyl (C=O) groups excluding carboxylic acids is 1. The lowest BCUT2D eigenvalue weighted by molar-refractivity contribution is -0.125. The smallest absolute Gasteiger partial charge is 0.224 e. The first kappa shape index (κ1) is 25.7. The van der Waals surface area contributed by atoms with Crippen LogP contribution in [-0.4, -0.2) is 54.9 Å². The summed E-state index contributed by atoms with van der Waals surface area (Å²) in [6.45, 7) is 2.07. The first-order valence-electron chi connectivity index (χ1n) is 12.7. The third-order valence-corrected chi connectivity index (χ3v) is 7.66. The molecule has 2 aromatic heterocycles. The van der Waals surface area contributed by atoms with Crippen molar-refractivity contribution in [2.45, 2.75) is 19.3 Å². The van der Waals surface area contributed by atoms with E-state index in [9.17, 15) is 4.79 Å². The molecule has 38 heavy (non-hydrogen) atoms. The Morgan fingerprint density at radius 1 is 0.974 bits per heavy atom. The molecule has 0 saturated carbocycles. The van der Waals surface area contributed by atoms with Gasteiger partial charge in [0.15, 0.2) is 5.82 Å². The molecule has 9 heteroatoms. The number of thiazole rings is 1. The van der Waals surface area contributed by atoms with Crippen molar-refractivity contribution >= 4 is 23.1 Å². The maximum Gasteiger partial charge on any atom is 0.224 e. The van der Waals surface area contributed by atoms with Crippen LogP contribution >= 0.6 is 11.3 Å². The van der Waals surface area contributed by atoms with Crippen LogP contribution in [-0.2, 0) is 11.2 Å². The van der Waals surface area contributed by atoms with Crippen molar-refractivity contribution in [3.8, 4) is 33.3 Å². The third-order valence-electron chi connectivity index (χ3n) is 6.72. The number of nitrogens with one attached hydrogen (secondary N) is 1. The van der Waals surface area contributed by atoms with Crippen molar-refractivity contribution in [3.63, 3.8) is 0 Å². The number of methoxy groups -OCH3 is 2. The van der Waals surface area contributed by atoms with E-state index < -0.39 is 0 Å². The molecule has 8 nitrogen and oxygen atoms in total. The van der Waals surface area contributed by atoms with E-state index in [1.165, 1.54) is 0 Å². The Bertz CT molecular complexity index is 1340. The molecule has 196 valence electrons. The molecule has 2 aromatic carbocycles. The van der Waals surface area contributed by atoms with Crippen LogP contribution in [0.2, 0.25) is 0 Å². The number of benzene rings is 2. The third kappa shape index (κ3) is 6.11. The Labute approximate surface area is 226 Å². The van der Waals surface area contributed by atoms with E-state index in [4.69, 9.17) is 14.5 Å². The standard InChI is InChI=1S/C29H31N5O3S/c1-36-24-9-5-20(6-10-24)26-13-14-27(33-32-26)34-17-3-4-22(18-34)28(35)30-16-15-23-19-38-29(31-23)21-7-11-25(37-2)12-8-21/h5-14,19,22H,3-4,15-18H2,1-2H3,(H,30,35). The largest absolute Gasteiger partial charge is 0.497 e. The van der Waals surface area contributed by atoms with Gasteiger partial charge in [-0.3, -0.25) is 4.79 Å². The second-order valence-electron chi connectivity index (χ2n) is 9.20. The SMILES string of the molecule is COc1ccc(-c2ccc(N3CCCC(C(=O)NCCc4csc(-c5ccc(OC)cc5)n4)C3)nn2)cc1. The molecule has 1 amide bonds. The van der Waals surface area contributed by atoms with E-state index in [1.54, 1.807) is 25.6 Å². The predicted octanol–water partition coefficient (Wildman–Crippen LogP) is 4.86. The number of anilines is 1. The molecule has 0 spiro atoms. The van der Waals surface area contributed by atoms with Gasteiger partial charge in [-0.2, -0.15) is 0 Å². The van der Waals surface area contributed by atoms with Gasteiger partial charge in [0.05, 0.1) is 31.5 Å². The zero-order valence-electron chi connectivity index (χ0n) is 21.6. The number of nitrogens with zero attached hydrogens (tertiary/aromatic N) is 4. The van der Waals surface area contributed by atoms with Crippen LogP contribution in [0.25, 0.3) is 21.8 Å². The van der Waals surface area contributed by atoms with Crippen molar-refractivity contribution in [2.75, 3.05) is 38.8 Å². The minimum absolute atomic E-state index is 0.0721. The Hall–Kier alpha value is -3.98. The summed E-state index contributed by atoms with van der Waals surface area (Å²) in [5, 5.41) is 15.0. The molecule has 1 atom stereocenters. The van der Waals surface area contributed by atoms with Gasteiger partial charge in [0, 0.05) is 42.6 Å². The fourth-order valence-corrected chi connectivity index (χ4v) is 5.42. The number of hydrogen-bond acceptors (Lipinski definition) is 8. The number of aromatic nitrogens is 3. The number of carbonyl (C=O) groups is 1. The summed E-state index contributed by atoms with van der Waals surface area (Å²) in [5.74, 6) is 2.45. The molecule has 5 rings (SSSR count). The molecular formula is C29H31N5O3S. The Balaban J connectivity index is 1.12. The fourth-order valence-electron chi connectivity index (χ4n) is 4.55. The van der Waals surface area contributed by atoms with Crippen LogP contribution in [0.15, 0.2) is 66.0 Å². The van der Waals surface area contributed by atoms with E-state index in [0.29, 0.717) is 19.5 Å². The molecular weight excluding hydrogens is 498 g/mol. The molecule has 1 fully saturated rings. The average Bonchev–Trinajstić information content (AvgIpc) is 3.46. The first-order chi connectivity index (χ1) is 18.6. The Morgan fingerprint density at radius 2 is 1.68 bits per heavy atom. The molecule has 3 heterocycles. The van der Waals surface area contributed by atoms with Gasteiger partial charge in [-0.15, -0.1) is 21.5 Å². The minimum Gasteiger partial charge on any atom is -0.497 e. The summed E-state index contributed by atoms with van der Waals surface area (Å²) in [6, 6.07) is 19.6. The van der Waals surface area contributed by atoms with Crippen LogP contribution < -0.4 is 19.7 Å². The van der Waals surface area contributed by atoms with Crippen LogP contribution in [0.3, 0.4) is 0 Å². The van der Waals surface area contributed by atoms with Gasteiger partial charge in [0.2, 0.25) is 5.91 Å². The van der Waals surface area contributed by atoms with E-state index in [-0.39, 0.29) is 11.8 Å².